The molecule has 0 aliphatic rings. The molecule has 2 aromatic rings. The summed E-state index contributed by atoms with van der Waals surface area (Å²) in [5.74, 6) is 0.376. The van der Waals surface area contributed by atoms with Gasteiger partial charge >= 0.3 is 5.97 Å². The number of carbonyl (C=O) groups excluding carboxylic acids is 2. The van der Waals surface area contributed by atoms with Crippen molar-refractivity contribution in [2.24, 2.45) is 0 Å². The van der Waals surface area contributed by atoms with E-state index in [9.17, 15) is 9.59 Å². The minimum atomic E-state index is -0.536. The fourth-order valence-electron chi connectivity index (χ4n) is 1.98. The smallest absolute Gasteiger partial charge is 0.310 e. The lowest BCUT2D eigenvalue weighted by atomic mass is 10.1. The fourth-order valence-corrected chi connectivity index (χ4v) is 2.09. The van der Waals surface area contributed by atoms with Gasteiger partial charge in [-0.05, 0) is 29.8 Å². The van der Waals surface area contributed by atoms with E-state index in [1.807, 2.05) is 0 Å². The number of nitrogens with zero attached hydrogens (tertiary/aromatic N) is 1. The molecule has 0 aliphatic carbocycles. The van der Waals surface area contributed by atoms with E-state index < -0.39 is 18.5 Å². The van der Waals surface area contributed by atoms with Crippen LogP contribution in [0, 0.1) is 0 Å². The van der Waals surface area contributed by atoms with E-state index >= 15 is 0 Å². The third-order valence-corrected chi connectivity index (χ3v) is 3.38. The Morgan fingerprint density at radius 3 is 2.52 bits per heavy atom. The van der Waals surface area contributed by atoms with Gasteiger partial charge in [-0.2, -0.15) is 0 Å². The molecule has 0 bridgehead atoms. The van der Waals surface area contributed by atoms with E-state index in [-0.39, 0.29) is 6.42 Å². The largest absolute Gasteiger partial charge is 0.493 e. The van der Waals surface area contributed by atoms with Crippen molar-refractivity contribution in [1.29, 1.82) is 0 Å². The number of anilines is 1. The van der Waals surface area contributed by atoms with Gasteiger partial charge in [0.2, 0.25) is 0 Å². The quantitative estimate of drug-likeness (QED) is 0.759. The molecule has 0 atom stereocenters. The van der Waals surface area contributed by atoms with Crippen LogP contribution in [0.15, 0.2) is 36.5 Å². The summed E-state index contributed by atoms with van der Waals surface area (Å²) in [7, 11) is 3.04. The monoisotopic (exact) mass is 364 g/mol. The molecule has 0 spiro atoms. The minimum absolute atomic E-state index is 0.00678. The van der Waals surface area contributed by atoms with Gasteiger partial charge in [-0.3, -0.25) is 9.59 Å². The van der Waals surface area contributed by atoms with Gasteiger partial charge in [0.25, 0.3) is 5.91 Å². The molecule has 1 amide bonds. The highest BCUT2D eigenvalue weighted by Gasteiger charge is 2.11. The lowest BCUT2D eigenvalue weighted by Gasteiger charge is -2.09. The Bertz CT molecular complexity index is 749. The molecule has 0 radical (unpaired) electrons. The number of nitrogens with one attached hydrogen (secondary N) is 1. The maximum Gasteiger partial charge on any atom is 0.310 e. The van der Waals surface area contributed by atoms with E-state index in [1.165, 1.54) is 20.4 Å². The van der Waals surface area contributed by atoms with Crippen molar-refractivity contribution >= 4 is 29.3 Å². The van der Waals surface area contributed by atoms with Crippen LogP contribution in [0.3, 0.4) is 0 Å². The SMILES string of the molecule is COc1ccc(CC(=O)OCC(=O)Nc2ccc(Cl)cn2)cc1OC. The van der Waals surface area contributed by atoms with E-state index in [0.717, 1.165) is 0 Å². The standard InChI is InChI=1S/C17H17ClN2O5/c1-23-13-5-3-11(7-14(13)24-2)8-17(22)25-10-16(21)20-15-6-4-12(18)9-19-15/h3-7,9H,8,10H2,1-2H3,(H,19,20,21). The number of methoxy groups -OCH3 is 2. The van der Waals surface area contributed by atoms with Gasteiger partial charge in [-0.15, -0.1) is 0 Å². The molecule has 1 aromatic heterocycles. The van der Waals surface area contributed by atoms with Crippen LogP contribution in [0.1, 0.15) is 5.56 Å². The maximum absolute atomic E-state index is 11.9. The fraction of sp³-hybridized carbons (Fsp3) is 0.235. The molecule has 0 aliphatic heterocycles. The number of pyridine rings is 1. The molecule has 25 heavy (non-hydrogen) atoms. The van der Waals surface area contributed by atoms with E-state index in [0.29, 0.717) is 27.9 Å². The predicted octanol–water partition coefficient (Wildman–Crippen LogP) is 2.48. The first-order chi connectivity index (χ1) is 12.0. The lowest BCUT2D eigenvalue weighted by molar-refractivity contribution is -0.146. The number of halogens is 1. The number of hydrogen-bond acceptors (Lipinski definition) is 6. The first-order valence-corrected chi connectivity index (χ1v) is 7.67. The number of amides is 1. The molecule has 2 rings (SSSR count). The summed E-state index contributed by atoms with van der Waals surface area (Å²) < 4.78 is 15.3. The van der Waals surface area contributed by atoms with Crippen LogP contribution in [0.5, 0.6) is 11.5 Å². The van der Waals surface area contributed by atoms with Gasteiger partial charge < -0.3 is 19.5 Å². The number of esters is 1. The Kier molecular flexibility index (Phi) is 6.59. The van der Waals surface area contributed by atoms with Gasteiger partial charge in [-0.25, -0.2) is 4.98 Å². The molecule has 1 N–H and O–H groups in total. The molecular weight excluding hydrogens is 348 g/mol. The van der Waals surface area contributed by atoms with Crippen LogP contribution in [-0.4, -0.2) is 37.7 Å². The van der Waals surface area contributed by atoms with Crippen molar-refractivity contribution in [1.82, 2.24) is 4.98 Å². The predicted molar refractivity (Wildman–Crippen MR) is 92.1 cm³/mol. The molecular formula is C17H17ClN2O5. The van der Waals surface area contributed by atoms with E-state index in [4.69, 9.17) is 25.8 Å². The first-order valence-electron chi connectivity index (χ1n) is 7.29. The van der Waals surface area contributed by atoms with Crippen molar-refractivity contribution in [3.05, 3.63) is 47.1 Å². The van der Waals surface area contributed by atoms with Crippen LogP contribution in [0.4, 0.5) is 5.82 Å². The highest BCUT2D eigenvalue weighted by molar-refractivity contribution is 6.30. The average Bonchev–Trinajstić information content (AvgIpc) is 2.62. The van der Waals surface area contributed by atoms with E-state index in [2.05, 4.69) is 10.3 Å². The second-order valence-corrected chi connectivity index (χ2v) is 5.37. The molecule has 7 nitrogen and oxygen atoms in total. The summed E-state index contributed by atoms with van der Waals surface area (Å²) in [5, 5.41) is 2.96. The molecule has 0 unspecified atom stereocenters. The van der Waals surface area contributed by atoms with E-state index in [1.54, 1.807) is 30.3 Å². The van der Waals surface area contributed by atoms with Gasteiger partial charge in [0.15, 0.2) is 18.1 Å². The Morgan fingerprint density at radius 2 is 1.88 bits per heavy atom. The van der Waals surface area contributed by atoms with Crippen LogP contribution in [0.2, 0.25) is 5.02 Å². The van der Waals surface area contributed by atoms with Crippen LogP contribution < -0.4 is 14.8 Å². The second kappa shape index (κ2) is 8.89. The minimum Gasteiger partial charge on any atom is -0.493 e. The lowest BCUT2D eigenvalue weighted by Crippen LogP contribution is -2.22. The third kappa shape index (κ3) is 5.65. The number of hydrogen-bond donors (Lipinski definition) is 1. The van der Waals surface area contributed by atoms with Crippen LogP contribution >= 0.6 is 11.6 Å². The summed E-state index contributed by atoms with van der Waals surface area (Å²) in [6.45, 7) is -0.406. The highest BCUT2D eigenvalue weighted by Crippen LogP contribution is 2.27. The van der Waals surface area contributed by atoms with Gasteiger partial charge in [0.1, 0.15) is 5.82 Å². The second-order valence-electron chi connectivity index (χ2n) is 4.94. The summed E-state index contributed by atoms with van der Waals surface area (Å²) in [4.78, 5) is 27.5. The summed E-state index contributed by atoms with van der Waals surface area (Å²) in [5.41, 5.74) is 0.683. The van der Waals surface area contributed by atoms with Crippen LogP contribution in [-0.2, 0) is 20.7 Å². The Morgan fingerprint density at radius 1 is 1.12 bits per heavy atom. The Hall–Kier alpha value is -2.80. The molecule has 1 aromatic carbocycles. The number of ether oxygens (including phenoxy) is 3. The zero-order valence-corrected chi connectivity index (χ0v) is 14.5. The number of rotatable bonds is 7. The molecule has 0 saturated carbocycles. The van der Waals surface area contributed by atoms with Crippen molar-refractivity contribution in [2.45, 2.75) is 6.42 Å². The maximum atomic E-state index is 11.9. The zero-order chi connectivity index (χ0) is 18.2. The summed E-state index contributed by atoms with van der Waals surface area (Å²) in [6, 6.07) is 8.23. The highest BCUT2D eigenvalue weighted by atomic mass is 35.5. The molecule has 8 heteroatoms. The van der Waals surface area contributed by atoms with Crippen molar-refractivity contribution in [3.63, 3.8) is 0 Å². The molecule has 1 heterocycles. The number of benzene rings is 1. The topological polar surface area (TPSA) is 86.8 Å². The Labute approximate surface area is 149 Å². The molecule has 0 saturated heterocycles. The van der Waals surface area contributed by atoms with Crippen molar-refractivity contribution < 1.29 is 23.8 Å². The van der Waals surface area contributed by atoms with Gasteiger partial charge in [0.05, 0.1) is 25.7 Å². The Balaban J connectivity index is 1.84. The third-order valence-electron chi connectivity index (χ3n) is 3.16. The average molecular weight is 365 g/mol. The molecule has 0 fully saturated rings. The normalized spacial score (nSPS) is 10.0. The van der Waals surface area contributed by atoms with Gasteiger partial charge in [-0.1, -0.05) is 17.7 Å². The first kappa shape index (κ1) is 18.5. The molecule has 132 valence electrons. The number of aromatic nitrogens is 1. The van der Waals surface area contributed by atoms with Crippen LogP contribution in [0.25, 0.3) is 0 Å². The zero-order valence-electron chi connectivity index (χ0n) is 13.7. The van der Waals surface area contributed by atoms with Crippen molar-refractivity contribution in [3.8, 4) is 11.5 Å². The summed E-state index contributed by atoms with van der Waals surface area (Å²) in [6.07, 6.45) is 1.41. The number of carbonyl (C=O) groups is 2. The summed E-state index contributed by atoms with van der Waals surface area (Å²) >= 11 is 5.71. The van der Waals surface area contributed by atoms with Crippen molar-refractivity contribution in [2.75, 3.05) is 26.1 Å². The van der Waals surface area contributed by atoms with Gasteiger partial charge in [0, 0.05) is 6.20 Å².